The molecule has 1 aliphatic rings. The SMILES string of the molecule is NC(=NCc1cccs1)NC1CCCCC1. The van der Waals surface area contributed by atoms with Crippen LogP contribution in [0, 0.1) is 0 Å². The molecule has 0 unspecified atom stereocenters. The molecule has 3 N–H and O–H groups in total. The Morgan fingerprint density at radius 2 is 2.25 bits per heavy atom. The number of hydrogen-bond donors (Lipinski definition) is 2. The van der Waals surface area contributed by atoms with Crippen LogP contribution in [0.25, 0.3) is 0 Å². The van der Waals surface area contributed by atoms with Crippen LogP contribution in [-0.2, 0) is 6.54 Å². The maximum Gasteiger partial charge on any atom is 0.189 e. The number of thiophene rings is 1. The van der Waals surface area contributed by atoms with E-state index in [9.17, 15) is 0 Å². The molecule has 0 atom stereocenters. The van der Waals surface area contributed by atoms with Gasteiger partial charge in [-0.1, -0.05) is 25.3 Å². The summed E-state index contributed by atoms with van der Waals surface area (Å²) in [6, 6.07) is 4.67. The fourth-order valence-corrected chi connectivity index (χ4v) is 2.70. The highest BCUT2D eigenvalue weighted by Crippen LogP contribution is 2.17. The average Bonchev–Trinajstić information content (AvgIpc) is 2.81. The predicted molar refractivity (Wildman–Crippen MR) is 69.7 cm³/mol. The molecule has 0 saturated heterocycles. The van der Waals surface area contributed by atoms with Crippen molar-refractivity contribution in [1.82, 2.24) is 5.32 Å². The summed E-state index contributed by atoms with van der Waals surface area (Å²) < 4.78 is 0. The van der Waals surface area contributed by atoms with Crippen LogP contribution < -0.4 is 11.1 Å². The van der Waals surface area contributed by atoms with Crippen LogP contribution in [-0.4, -0.2) is 12.0 Å². The first kappa shape index (κ1) is 11.5. The van der Waals surface area contributed by atoms with Crippen LogP contribution in [0.3, 0.4) is 0 Å². The molecule has 4 heteroatoms. The van der Waals surface area contributed by atoms with Gasteiger partial charge in [0.05, 0.1) is 6.54 Å². The first-order valence-corrected chi connectivity index (χ1v) is 6.81. The maximum absolute atomic E-state index is 5.86. The van der Waals surface area contributed by atoms with Crippen LogP contribution in [0.15, 0.2) is 22.5 Å². The number of rotatable bonds is 3. The molecule has 1 aromatic heterocycles. The third-order valence-electron chi connectivity index (χ3n) is 2.94. The zero-order valence-electron chi connectivity index (χ0n) is 9.48. The van der Waals surface area contributed by atoms with Crippen molar-refractivity contribution < 1.29 is 0 Å². The lowest BCUT2D eigenvalue weighted by molar-refractivity contribution is 0.412. The number of hydrogen-bond acceptors (Lipinski definition) is 2. The van der Waals surface area contributed by atoms with E-state index in [0.29, 0.717) is 18.5 Å². The minimum Gasteiger partial charge on any atom is -0.370 e. The number of guanidine groups is 1. The summed E-state index contributed by atoms with van der Waals surface area (Å²) in [4.78, 5) is 5.61. The van der Waals surface area contributed by atoms with E-state index in [1.165, 1.54) is 37.0 Å². The van der Waals surface area contributed by atoms with Gasteiger partial charge in [-0.05, 0) is 24.3 Å². The molecular weight excluding hydrogens is 218 g/mol. The fourth-order valence-electron chi connectivity index (χ4n) is 2.07. The number of aliphatic imine (C=N–C) groups is 1. The molecular formula is C12H19N3S. The molecule has 1 aromatic rings. The Hall–Kier alpha value is -1.03. The van der Waals surface area contributed by atoms with Gasteiger partial charge in [-0.2, -0.15) is 0 Å². The Bertz CT molecular complexity index is 326. The van der Waals surface area contributed by atoms with Crippen LogP contribution >= 0.6 is 11.3 Å². The van der Waals surface area contributed by atoms with Crippen molar-refractivity contribution in [1.29, 1.82) is 0 Å². The molecule has 0 bridgehead atoms. The lowest BCUT2D eigenvalue weighted by Gasteiger charge is -2.23. The molecule has 0 spiro atoms. The molecule has 0 aromatic carbocycles. The van der Waals surface area contributed by atoms with Crippen molar-refractivity contribution >= 4 is 17.3 Å². The second kappa shape index (κ2) is 5.89. The van der Waals surface area contributed by atoms with Crippen LogP contribution in [0.1, 0.15) is 37.0 Å². The molecule has 1 heterocycles. The molecule has 1 fully saturated rings. The lowest BCUT2D eigenvalue weighted by Crippen LogP contribution is -2.41. The van der Waals surface area contributed by atoms with Gasteiger partial charge in [0.2, 0.25) is 0 Å². The summed E-state index contributed by atoms with van der Waals surface area (Å²) in [5, 5.41) is 5.38. The topological polar surface area (TPSA) is 50.4 Å². The average molecular weight is 237 g/mol. The molecule has 0 amide bonds. The van der Waals surface area contributed by atoms with Crippen LogP contribution in [0.5, 0.6) is 0 Å². The van der Waals surface area contributed by atoms with Gasteiger partial charge in [0.15, 0.2) is 5.96 Å². The summed E-state index contributed by atoms with van der Waals surface area (Å²) in [5.74, 6) is 0.597. The normalized spacial score (nSPS) is 18.6. The van der Waals surface area contributed by atoms with Gasteiger partial charge in [0.25, 0.3) is 0 Å². The van der Waals surface area contributed by atoms with E-state index < -0.39 is 0 Å². The van der Waals surface area contributed by atoms with Crippen LogP contribution in [0.2, 0.25) is 0 Å². The zero-order chi connectivity index (χ0) is 11.2. The molecule has 88 valence electrons. The highest BCUT2D eigenvalue weighted by Gasteiger charge is 2.13. The Morgan fingerprint density at radius 1 is 1.44 bits per heavy atom. The monoisotopic (exact) mass is 237 g/mol. The minimum absolute atomic E-state index is 0.542. The highest BCUT2D eigenvalue weighted by molar-refractivity contribution is 7.09. The minimum atomic E-state index is 0.542. The molecule has 0 aliphatic heterocycles. The highest BCUT2D eigenvalue weighted by atomic mass is 32.1. The Kier molecular flexibility index (Phi) is 4.22. The van der Waals surface area contributed by atoms with Gasteiger partial charge in [-0.3, -0.25) is 0 Å². The summed E-state index contributed by atoms with van der Waals surface area (Å²) in [6.07, 6.45) is 6.46. The van der Waals surface area contributed by atoms with Crippen molar-refractivity contribution in [2.45, 2.75) is 44.7 Å². The van der Waals surface area contributed by atoms with Gasteiger partial charge in [0.1, 0.15) is 0 Å². The van der Waals surface area contributed by atoms with Gasteiger partial charge >= 0.3 is 0 Å². The van der Waals surface area contributed by atoms with Crippen molar-refractivity contribution in [3.63, 3.8) is 0 Å². The summed E-state index contributed by atoms with van der Waals surface area (Å²) in [6.45, 7) is 0.698. The Morgan fingerprint density at radius 3 is 2.94 bits per heavy atom. The predicted octanol–water partition coefficient (Wildman–Crippen LogP) is 2.49. The summed E-state index contributed by atoms with van der Waals surface area (Å²) >= 11 is 1.72. The number of nitrogens with zero attached hydrogens (tertiary/aromatic N) is 1. The summed E-state index contributed by atoms with van der Waals surface area (Å²) in [7, 11) is 0. The van der Waals surface area contributed by atoms with Crippen molar-refractivity contribution in [2.24, 2.45) is 10.7 Å². The maximum atomic E-state index is 5.86. The molecule has 0 radical (unpaired) electrons. The second-order valence-electron chi connectivity index (χ2n) is 4.26. The zero-order valence-corrected chi connectivity index (χ0v) is 10.3. The van der Waals surface area contributed by atoms with Crippen molar-refractivity contribution in [3.05, 3.63) is 22.4 Å². The van der Waals surface area contributed by atoms with Gasteiger partial charge in [-0.25, -0.2) is 4.99 Å². The van der Waals surface area contributed by atoms with Gasteiger partial charge < -0.3 is 11.1 Å². The molecule has 2 rings (SSSR count). The van der Waals surface area contributed by atoms with Crippen molar-refractivity contribution in [3.8, 4) is 0 Å². The van der Waals surface area contributed by atoms with E-state index in [0.717, 1.165) is 0 Å². The smallest absolute Gasteiger partial charge is 0.189 e. The first-order valence-electron chi connectivity index (χ1n) is 5.93. The van der Waals surface area contributed by atoms with Gasteiger partial charge in [-0.15, -0.1) is 11.3 Å². The standard InChI is InChI=1S/C12H19N3S/c13-12(14-9-11-7-4-8-16-11)15-10-5-2-1-3-6-10/h4,7-8,10H,1-3,5-6,9H2,(H3,13,14,15). The molecule has 16 heavy (non-hydrogen) atoms. The molecule has 1 aliphatic carbocycles. The Labute approximate surface area is 101 Å². The largest absolute Gasteiger partial charge is 0.370 e. The van der Waals surface area contributed by atoms with E-state index >= 15 is 0 Å². The van der Waals surface area contributed by atoms with E-state index in [2.05, 4.69) is 21.8 Å². The summed E-state index contributed by atoms with van der Waals surface area (Å²) in [5.41, 5.74) is 5.86. The second-order valence-corrected chi connectivity index (χ2v) is 5.29. The van der Waals surface area contributed by atoms with Gasteiger partial charge in [0, 0.05) is 10.9 Å². The number of nitrogens with one attached hydrogen (secondary N) is 1. The quantitative estimate of drug-likeness (QED) is 0.627. The molecule has 1 saturated carbocycles. The lowest BCUT2D eigenvalue weighted by atomic mass is 9.96. The third kappa shape index (κ3) is 3.52. The van der Waals surface area contributed by atoms with E-state index in [1.54, 1.807) is 11.3 Å². The van der Waals surface area contributed by atoms with E-state index in [4.69, 9.17) is 5.73 Å². The first-order chi connectivity index (χ1) is 7.84. The van der Waals surface area contributed by atoms with E-state index in [1.807, 2.05) is 6.07 Å². The van der Waals surface area contributed by atoms with Crippen molar-refractivity contribution in [2.75, 3.05) is 0 Å². The van der Waals surface area contributed by atoms with Crippen LogP contribution in [0.4, 0.5) is 0 Å². The fraction of sp³-hybridized carbons (Fsp3) is 0.583. The Balaban J connectivity index is 1.77. The molecule has 3 nitrogen and oxygen atoms in total. The van der Waals surface area contributed by atoms with E-state index in [-0.39, 0.29) is 0 Å². The third-order valence-corrected chi connectivity index (χ3v) is 3.80. The number of nitrogens with two attached hydrogens (primary N) is 1.